The number of anilines is 1. The number of fused-ring (bicyclic) bond motifs is 2. The van der Waals surface area contributed by atoms with E-state index in [1.807, 2.05) is 6.92 Å². The van der Waals surface area contributed by atoms with Gasteiger partial charge >= 0.3 is 0 Å². The van der Waals surface area contributed by atoms with Crippen LogP contribution in [0.15, 0.2) is 12.1 Å². The van der Waals surface area contributed by atoms with Gasteiger partial charge in [-0.25, -0.2) is 0 Å². The number of nitrogens with one attached hydrogen (secondary N) is 1. The number of benzene rings is 1. The Labute approximate surface area is 107 Å². The van der Waals surface area contributed by atoms with E-state index >= 15 is 0 Å². The number of thiocarbonyl (C=S) groups is 1. The zero-order chi connectivity index (χ0) is 11.8. The molecule has 17 heavy (non-hydrogen) atoms. The topological polar surface area (TPSA) is 21.3 Å². The van der Waals surface area contributed by atoms with Gasteiger partial charge in [0.2, 0.25) is 0 Å². The van der Waals surface area contributed by atoms with Crippen LogP contribution >= 0.6 is 12.2 Å². The summed E-state index contributed by atoms with van der Waals surface area (Å²) in [6, 6.07) is 4.44. The van der Waals surface area contributed by atoms with Crippen molar-refractivity contribution in [2.45, 2.75) is 45.1 Å². The smallest absolute Gasteiger partial charge is 0.146 e. The van der Waals surface area contributed by atoms with Crippen molar-refractivity contribution in [2.75, 3.05) is 5.32 Å². The van der Waals surface area contributed by atoms with E-state index in [0.29, 0.717) is 0 Å². The van der Waals surface area contributed by atoms with E-state index in [2.05, 4.69) is 17.4 Å². The highest BCUT2D eigenvalue weighted by Crippen LogP contribution is 2.35. The SMILES string of the molecule is CC1Oc2cc3c(cc2NC1=S)CCCCC3. The van der Waals surface area contributed by atoms with Gasteiger partial charge < -0.3 is 10.1 Å². The Morgan fingerprint density at radius 3 is 2.65 bits per heavy atom. The Morgan fingerprint density at radius 2 is 1.88 bits per heavy atom. The summed E-state index contributed by atoms with van der Waals surface area (Å²) in [5.74, 6) is 0.965. The van der Waals surface area contributed by atoms with Crippen molar-refractivity contribution in [3.05, 3.63) is 23.3 Å². The summed E-state index contributed by atoms with van der Waals surface area (Å²) in [5.41, 5.74) is 3.98. The Morgan fingerprint density at radius 1 is 1.18 bits per heavy atom. The fourth-order valence-electron chi connectivity index (χ4n) is 2.61. The average molecular weight is 247 g/mol. The lowest BCUT2D eigenvalue weighted by Crippen LogP contribution is -2.33. The van der Waals surface area contributed by atoms with Gasteiger partial charge in [-0.15, -0.1) is 0 Å². The van der Waals surface area contributed by atoms with Crippen LogP contribution in [0.3, 0.4) is 0 Å². The third-order valence-electron chi connectivity index (χ3n) is 3.62. The van der Waals surface area contributed by atoms with Crippen LogP contribution in [0.25, 0.3) is 0 Å². The number of ether oxygens (including phenoxy) is 1. The van der Waals surface area contributed by atoms with Crippen molar-refractivity contribution in [3.8, 4) is 5.75 Å². The number of aryl methyl sites for hydroxylation is 2. The Bertz CT molecular complexity index is 470. The molecule has 1 heterocycles. The molecule has 90 valence electrons. The molecule has 3 rings (SSSR count). The zero-order valence-corrected chi connectivity index (χ0v) is 10.9. The molecule has 1 unspecified atom stereocenters. The minimum atomic E-state index is -0.0127. The second kappa shape index (κ2) is 4.30. The van der Waals surface area contributed by atoms with Gasteiger partial charge in [0.05, 0.1) is 5.69 Å². The van der Waals surface area contributed by atoms with Gasteiger partial charge in [0.1, 0.15) is 16.8 Å². The van der Waals surface area contributed by atoms with Crippen molar-refractivity contribution < 1.29 is 4.74 Å². The van der Waals surface area contributed by atoms with Gasteiger partial charge in [-0.05, 0) is 55.9 Å². The first-order valence-electron chi connectivity index (χ1n) is 6.37. The summed E-state index contributed by atoms with van der Waals surface area (Å²) < 4.78 is 5.85. The fourth-order valence-corrected chi connectivity index (χ4v) is 2.77. The van der Waals surface area contributed by atoms with E-state index in [4.69, 9.17) is 17.0 Å². The Hall–Kier alpha value is -1.09. The van der Waals surface area contributed by atoms with Crippen molar-refractivity contribution in [3.63, 3.8) is 0 Å². The largest absolute Gasteiger partial charge is 0.481 e. The molecule has 0 aromatic heterocycles. The third-order valence-corrected chi connectivity index (χ3v) is 4.06. The van der Waals surface area contributed by atoms with E-state index in [1.165, 1.54) is 43.2 Å². The molecule has 0 saturated carbocycles. The van der Waals surface area contributed by atoms with Gasteiger partial charge in [0, 0.05) is 0 Å². The lowest BCUT2D eigenvalue weighted by molar-refractivity contribution is 0.285. The summed E-state index contributed by atoms with van der Waals surface area (Å²) in [6.45, 7) is 1.99. The second-order valence-corrected chi connectivity index (χ2v) is 5.37. The molecule has 0 saturated heterocycles. The lowest BCUT2D eigenvalue weighted by Gasteiger charge is -2.27. The van der Waals surface area contributed by atoms with Crippen molar-refractivity contribution in [1.82, 2.24) is 0 Å². The maximum atomic E-state index is 5.85. The molecule has 1 atom stereocenters. The number of hydrogen-bond acceptors (Lipinski definition) is 2. The van der Waals surface area contributed by atoms with Crippen molar-refractivity contribution >= 4 is 22.9 Å². The lowest BCUT2D eigenvalue weighted by atomic mass is 10.0. The van der Waals surface area contributed by atoms with Gasteiger partial charge in [0.25, 0.3) is 0 Å². The normalized spacial score (nSPS) is 22.9. The molecule has 2 aliphatic rings. The summed E-state index contributed by atoms with van der Waals surface area (Å²) >= 11 is 5.25. The van der Waals surface area contributed by atoms with Crippen molar-refractivity contribution in [2.24, 2.45) is 0 Å². The molecule has 2 nitrogen and oxygen atoms in total. The molecule has 0 radical (unpaired) electrons. The molecular formula is C14H17NOS. The first-order valence-corrected chi connectivity index (χ1v) is 6.78. The number of hydrogen-bond donors (Lipinski definition) is 1. The molecule has 1 N–H and O–H groups in total. The third kappa shape index (κ3) is 2.04. The maximum Gasteiger partial charge on any atom is 0.146 e. The monoisotopic (exact) mass is 247 g/mol. The average Bonchev–Trinajstić information content (AvgIpc) is 2.53. The fraction of sp³-hybridized carbons (Fsp3) is 0.500. The predicted molar refractivity (Wildman–Crippen MR) is 74.0 cm³/mol. The molecule has 0 fully saturated rings. The van der Waals surface area contributed by atoms with Gasteiger partial charge in [-0.2, -0.15) is 0 Å². The predicted octanol–water partition coefficient (Wildman–Crippen LogP) is 3.48. The van der Waals surface area contributed by atoms with Crippen LogP contribution in [0.5, 0.6) is 5.75 Å². The molecule has 0 spiro atoms. The second-order valence-electron chi connectivity index (χ2n) is 4.93. The summed E-state index contributed by atoms with van der Waals surface area (Å²) in [5, 5.41) is 3.29. The first kappa shape index (κ1) is 11.0. The van der Waals surface area contributed by atoms with Crippen LogP contribution in [-0.2, 0) is 12.8 Å². The number of rotatable bonds is 0. The Kier molecular flexibility index (Phi) is 2.79. The van der Waals surface area contributed by atoms with E-state index in [1.54, 1.807) is 0 Å². The summed E-state index contributed by atoms with van der Waals surface area (Å²) in [7, 11) is 0. The highest BCUT2D eigenvalue weighted by atomic mass is 32.1. The molecule has 1 aromatic rings. The van der Waals surface area contributed by atoms with Gasteiger partial charge in [-0.3, -0.25) is 0 Å². The first-order chi connectivity index (χ1) is 8.24. The quantitative estimate of drug-likeness (QED) is 0.560. The minimum Gasteiger partial charge on any atom is -0.481 e. The van der Waals surface area contributed by atoms with E-state index < -0.39 is 0 Å². The van der Waals surface area contributed by atoms with Crippen LogP contribution in [0.1, 0.15) is 37.3 Å². The van der Waals surface area contributed by atoms with Crippen LogP contribution in [-0.4, -0.2) is 11.1 Å². The summed E-state index contributed by atoms with van der Waals surface area (Å²) in [6.07, 6.45) is 6.29. The van der Waals surface area contributed by atoms with Crippen LogP contribution in [0, 0.1) is 0 Å². The van der Waals surface area contributed by atoms with Crippen LogP contribution in [0.4, 0.5) is 5.69 Å². The highest BCUT2D eigenvalue weighted by molar-refractivity contribution is 7.80. The highest BCUT2D eigenvalue weighted by Gasteiger charge is 2.22. The van der Waals surface area contributed by atoms with Crippen LogP contribution < -0.4 is 10.1 Å². The summed E-state index contributed by atoms with van der Waals surface area (Å²) in [4.78, 5) is 0.783. The van der Waals surface area contributed by atoms with Gasteiger partial charge in [-0.1, -0.05) is 18.6 Å². The minimum absolute atomic E-state index is 0.0127. The maximum absolute atomic E-state index is 5.85. The van der Waals surface area contributed by atoms with E-state index in [0.717, 1.165) is 16.4 Å². The molecule has 3 heteroatoms. The molecule has 0 amide bonds. The van der Waals surface area contributed by atoms with E-state index in [9.17, 15) is 0 Å². The van der Waals surface area contributed by atoms with Crippen LogP contribution in [0.2, 0.25) is 0 Å². The molecule has 1 aromatic carbocycles. The molecule has 1 aliphatic carbocycles. The van der Waals surface area contributed by atoms with Gasteiger partial charge in [0.15, 0.2) is 0 Å². The standard InChI is InChI=1S/C14H17NOS/c1-9-14(17)15-12-7-10-5-3-2-4-6-11(10)8-13(12)16-9/h7-9H,2-6H2,1H3,(H,15,17). The molecular weight excluding hydrogens is 230 g/mol. The Balaban J connectivity index is 2.02. The van der Waals surface area contributed by atoms with Crippen molar-refractivity contribution in [1.29, 1.82) is 0 Å². The zero-order valence-electron chi connectivity index (χ0n) is 10.1. The molecule has 1 aliphatic heterocycles. The van der Waals surface area contributed by atoms with E-state index in [-0.39, 0.29) is 6.10 Å². The molecule has 0 bridgehead atoms.